The summed E-state index contributed by atoms with van der Waals surface area (Å²) in [4.78, 5) is 0. The second-order valence-corrected chi connectivity index (χ2v) is 5.82. The fourth-order valence-corrected chi connectivity index (χ4v) is 1.74. The highest BCUT2D eigenvalue weighted by Crippen LogP contribution is 2.20. The fourth-order valence-electron chi connectivity index (χ4n) is 1.39. The lowest BCUT2D eigenvalue weighted by Gasteiger charge is -2.11. The average molecular weight is 241 g/mol. The Morgan fingerprint density at radius 1 is 1.50 bits per heavy atom. The van der Waals surface area contributed by atoms with Crippen LogP contribution in [0.5, 0.6) is 5.75 Å². The van der Waals surface area contributed by atoms with Crippen LogP contribution in [0.15, 0.2) is 18.2 Å². The smallest absolute Gasteiger partial charge is 0.122 e. The van der Waals surface area contributed by atoms with Gasteiger partial charge in [-0.25, -0.2) is 0 Å². The SMILES string of the molecule is Cc1cccc(CNCC(C)S(C)=O)c1O. The van der Waals surface area contributed by atoms with E-state index in [9.17, 15) is 9.32 Å². The summed E-state index contributed by atoms with van der Waals surface area (Å²) < 4.78 is 11.1. The van der Waals surface area contributed by atoms with Crippen LogP contribution in [0.1, 0.15) is 18.1 Å². The van der Waals surface area contributed by atoms with Gasteiger partial charge >= 0.3 is 0 Å². The predicted molar refractivity (Wildman–Crippen MR) is 68.1 cm³/mol. The van der Waals surface area contributed by atoms with Gasteiger partial charge < -0.3 is 10.4 Å². The predicted octanol–water partition coefficient (Wildman–Crippen LogP) is 1.56. The van der Waals surface area contributed by atoms with Crippen molar-refractivity contribution in [3.8, 4) is 5.75 Å². The second kappa shape index (κ2) is 6.01. The van der Waals surface area contributed by atoms with Gasteiger partial charge in [0.1, 0.15) is 5.75 Å². The Hall–Kier alpha value is -0.870. The monoisotopic (exact) mass is 241 g/mol. The highest BCUT2D eigenvalue weighted by Gasteiger charge is 2.07. The van der Waals surface area contributed by atoms with Crippen LogP contribution < -0.4 is 5.32 Å². The highest BCUT2D eigenvalue weighted by molar-refractivity contribution is 7.84. The molecule has 16 heavy (non-hydrogen) atoms. The van der Waals surface area contributed by atoms with Gasteiger partial charge in [0.15, 0.2) is 0 Å². The van der Waals surface area contributed by atoms with Gasteiger partial charge in [0.25, 0.3) is 0 Å². The molecule has 2 atom stereocenters. The van der Waals surface area contributed by atoms with E-state index in [1.54, 1.807) is 6.26 Å². The van der Waals surface area contributed by atoms with E-state index in [2.05, 4.69) is 5.32 Å². The number of phenols is 1. The molecule has 0 fully saturated rings. The number of rotatable bonds is 5. The minimum absolute atomic E-state index is 0.131. The summed E-state index contributed by atoms with van der Waals surface area (Å²) in [7, 11) is -0.803. The van der Waals surface area contributed by atoms with Crippen LogP contribution in [0.2, 0.25) is 0 Å². The molecule has 1 rings (SSSR count). The number of nitrogens with one attached hydrogen (secondary N) is 1. The van der Waals surface area contributed by atoms with Gasteiger partial charge in [-0.2, -0.15) is 0 Å². The van der Waals surface area contributed by atoms with E-state index in [1.807, 2.05) is 32.0 Å². The summed E-state index contributed by atoms with van der Waals surface area (Å²) in [6.45, 7) is 5.12. The molecule has 0 aliphatic carbocycles. The minimum atomic E-state index is -0.803. The van der Waals surface area contributed by atoms with E-state index in [1.165, 1.54) is 0 Å². The lowest BCUT2D eigenvalue weighted by atomic mass is 10.1. The van der Waals surface area contributed by atoms with Gasteiger partial charge in [-0.1, -0.05) is 18.2 Å². The molecule has 0 spiro atoms. The molecule has 0 saturated heterocycles. The third-order valence-corrected chi connectivity index (χ3v) is 3.94. The molecule has 0 heterocycles. The van der Waals surface area contributed by atoms with E-state index in [-0.39, 0.29) is 5.25 Å². The summed E-state index contributed by atoms with van der Waals surface area (Å²) in [5.74, 6) is 0.347. The molecule has 0 saturated carbocycles. The van der Waals surface area contributed by atoms with Crippen molar-refractivity contribution >= 4 is 10.8 Å². The van der Waals surface area contributed by atoms with E-state index in [0.29, 0.717) is 18.8 Å². The van der Waals surface area contributed by atoms with E-state index < -0.39 is 10.8 Å². The molecule has 1 aromatic rings. The first-order valence-electron chi connectivity index (χ1n) is 5.32. The lowest BCUT2D eigenvalue weighted by molar-refractivity contribution is 0.460. The minimum Gasteiger partial charge on any atom is -0.507 e. The Morgan fingerprint density at radius 2 is 2.19 bits per heavy atom. The first-order chi connectivity index (χ1) is 7.52. The number of aryl methyl sites for hydroxylation is 1. The van der Waals surface area contributed by atoms with Crippen molar-refractivity contribution in [3.63, 3.8) is 0 Å². The number of phenolic OH excluding ortho intramolecular Hbond substituents is 1. The Labute approximate surface area is 99.3 Å². The molecular formula is C12H19NO2S. The zero-order valence-electron chi connectivity index (χ0n) is 9.99. The third-order valence-electron chi connectivity index (χ3n) is 2.64. The van der Waals surface area contributed by atoms with Crippen LogP contribution >= 0.6 is 0 Å². The van der Waals surface area contributed by atoms with Crippen LogP contribution in [0.25, 0.3) is 0 Å². The standard InChI is InChI=1S/C12H19NO2S/c1-9-5-4-6-11(12(9)14)8-13-7-10(2)16(3)15/h4-6,10,13-14H,7-8H2,1-3H3. The van der Waals surface area contributed by atoms with Crippen molar-refractivity contribution in [2.45, 2.75) is 25.6 Å². The van der Waals surface area contributed by atoms with Crippen molar-refractivity contribution < 1.29 is 9.32 Å². The largest absolute Gasteiger partial charge is 0.507 e. The van der Waals surface area contributed by atoms with Crippen LogP contribution in [0, 0.1) is 6.92 Å². The van der Waals surface area contributed by atoms with Gasteiger partial charge in [0.05, 0.1) is 0 Å². The molecule has 4 heteroatoms. The van der Waals surface area contributed by atoms with Gasteiger partial charge in [-0.05, 0) is 19.4 Å². The topological polar surface area (TPSA) is 49.3 Å². The molecular weight excluding hydrogens is 222 g/mol. The second-order valence-electron chi connectivity index (χ2n) is 4.02. The zero-order chi connectivity index (χ0) is 12.1. The quantitative estimate of drug-likeness (QED) is 0.822. The Morgan fingerprint density at radius 3 is 2.81 bits per heavy atom. The Bertz CT molecular complexity index is 379. The summed E-state index contributed by atoms with van der Waals surface area (Å²) in [6, 6.07) is 5.69. The third kappa shape index (κ3) is 3.61. The van der Waals surface area contributed by atoms with E-state index >= 15 is 0 Å². The molecule has 0 aromatic heterocycles. The highest BCUT2D eigenvalue weighted by atomic mass is 32.2. The van der Waals surface area contributed by atoms with E-state index in [4.69, 9.17) is 0 Å². The molecule has 2 N–H and O–H groups in total. The maximum atomic E-state index is 11.1. The van der Waals surface area contributed by atoms with Crippen molar-refractivity contribution in [1.29, 1.82) is 0 Å². The Balaban J connectivity index is 2.49. The molecule has 0 bridgehead atoms. The van der Waals surface area contributed by atoms with E-state index in [0.717, 1.165) is 11.1 Å². The van der Waals surface area contributed by atoms with Crippen LogP contribution in [0.4, 0.5) is 0 Å². The number of hydrogen-bond acceptors (Lipinski definition) is 3. The first kappa shape index (κ1) is 13.2. The maximum absolute atomic E-state index is 11.1. The number of aromatic hydroxyl groups is 1. The van der Waals surface area contributed by atoms with Crippen molar-refractivity contribution in [3.05, 3.63) is 29.3 Å². The maximum Gasteiger partial charge on any atom is 0.122 e. The van der Waals surface area contributed by atoms with Crippen LogP contribution in [0.3, 0.4) is 0 Å². The van der Waals surface area contributed by atoms with Gasteiger partial charge in [-0.3, -0.25) is 4.21 Å². The first-order valence-corrected chi connectivity index (χ1v) is 6.95. The molecule has 1 aromatic carbocycles. The van der Waals surface area contributed by atoms with Crippen LogP contribution in [-0.4, -0.2) is 27.4 Å². The van der Waals surface area contributed by atoms with Gasteiger partial charge in [0, 0.05) is 41.0 Å². The molecule has 3 nitrogen and oxygen atoms in total. The van der Waals surface area contributed by atoms with Crippen molar-refractivity contribution in [1.82, 2.24) is 5.32 Å². The molecule has 0 aliphatic rings. The molecule has 0 aliphatic heterocycles. The number of benzene rings is 1. The average Bonchev–Trinajstić information content (AvgIpc) is 2.24. The molecule has 0 amide bonds. The summed E-state index contributed by atoms with van der Waals surface area (Å²) in [5, 5.41) is 13.1. The summed E-state index contributed by atoms with van der Waals surface area (Å²) in [5.41, 5.74) is 1.76. The molecule has 90 valence electrons. The number of para-hydroxylation sites is 1. The van der Waals surface area contributed by atoms with Gasteiger partial charge in [0.2, 0.25) is 0 Å². The Kier molecular flexibility index (Phi) is 4.96. The summed E-state index contributed by atoms with van der Waals surface area (Å²) in [6.07, 6.45) is 1.70. The number of hydrogen-bond donors (Lipinski definition) is 2. The summed E-state index contributed by atoms with van der Waals surface area (Å²) >= 11 is 0. The molecule has 0 radical (unpaired) electrons. The van der Waals surface area contributed by atoms with Crippen molar-refractivity contribution in [2.75, 3.05) is 12.8 Å². The fraction of sp³-hybridized carbons (Fsp3) is 0.500. The zero-order valence-corrected chi connectivity index (χ0v) is 10.8. The van der Waals surface area contributed by atoms with Crippen LogP contribution in [-0.2, 0) is 17.3 Å². The normalized spacial score (nSPS) is 14.7. The molecule has 2 unspecified atom stereocenters. The lowest BCUT2D eigenvalue weighted by Crippen LogP contribution is -2.27. The van der Waals surface area contributed by atoms with Crippen molar-refractivity contribution in [2.24, 2.45) is 0 Å². The van der Waals surface area contributed by atoms with Gasteiger partial charge in [-0.15, -0.1) is 0 Å².